The van der Waals surface area contributed by atoms with E-state index in [0.29, 0.717) is 6.07 Å². The summed E-state index contributed by atoms with van der Waals surface area (Å²) >= 11 is 1.45. The van der Waals surface area contributed by atoms with Crippen LogP contribution >= 0.6 is 22.6 Å². The van der Waals surface area contributed by atoms with Crippen molar-refractivity contribution in [3.8, 4) is 0 Å². The summed E-state index contributed by atoms with van der Waals surface area (Å²) in [5.41, 5.74) is -0.694. The van der Waals surface area contributed by atoms with Crippen LogP contribution in [0.2, 0.25) is 0 Å². The standard InChI is InChI=1S/C6H3IN2O6S2.ClH/c7-3-1-6(17(13,14)15)4(9-8)2-5(3)16(10,11)12;/h1-2H,(H-,10,11,12,13,14,15);1H. The van der Waals surface area contributed by atoms with E-state index in [2.05, 4.69) is 4.98 Å². The highest BCUT2D eigenvalue weighted by molar-refractivity contribution is 14.1. The Kier molecular flexibility index (Phi) is 5.47. The van der Waals surface area contributed by atoms with E-state index >= 15 is 0 Å². The summed E-state index contributed by atoms with van der Waals surface area (Å²) in [5, 5.41) is 8.53. The lowest BCUT2D eigenvalue weighted by atomic mass is 10.3. The normalized spacial score (nSPS) is 11.4. The maximum Gasteiger partial charge on any atom is 0.407 e. The van der Waals surface area contributed by atoms with Gasteiger partial charge in [-0.15, -0.1) is 0 Å². The first-order valence-electron chi connectivity index (χ1n) is 3.71. The van der Waals surface area contributed by atoms with Crippen molar-refractivity contribution >= 4 is 48.5 Å². The first-order valence-corrected chi connectivity index (χ1v) is 7.67. The van der Waals surface area contributed by atoms with E-state index in [1.165, 1.54) is 22.6 Å². The third kappa shape index (κ3) is 3.73. The molecule has 0 bridgehead atoms. The zero-order valence-corrected chi connectivity index (χ0v) is 12.7. The SMILES string of the molecule is N#[N+]c1cc(S(=O)(=O)O)c(I)cc1S(=O)(=O)O.[Cl-]. The zero-order valence-electron chi connectivity index (χ0n) is 8.15. The monoisotopic (exact) mass is 426 g/mol. The molecule has 100 valence electrons. The van der Waals surface area contributed by atoms with Gasteiger partial charge in [-0.05, 0) is 28.7 Å². The Balaban J connectivity index is 0.00000289. The third-order valence-electron chi connectivity index (χ3n) is 1.68. The number of benzene rings is 1. The molecule has 12 heteroatoms. The lowest BCUT2D eigenvalue weighted by Gasteiger charge is -2.00. The molecule has 1 aromatic carbocycles. The Bertz CT molecular complexity index is 723. The number of hydrogen-bond acceptors (Lipinski definition) is 5. The van der Waals surface area contributed by atoms with Gasteiger partial charge in [0.2, 0.25) is 5.39 Å². The van der Waals surface area contributed by atoms with Gasteiger partial charge in [-0.25, -0.2) is 0 Å². The molecule has 0 spiro atoms. The fourth-order valence-electron chi connectivity index (χ4n) is 1.01. The molecule has 0 aliphatic rings. The fraction of sp³-hybridized carbons (Fsp3) is 0. The van der Waals surface area contributed by atoms with E-state index < -0.39 is 35.7 Å². The van der Waals surface area contributed by atoms with Gasteiger partial charge in [0.25, 0.3) is 10.1 Å². The van der Waals surface area contributed by atoms with Gasteiger partial charge >= 0.3 is 15.8 Å². The van der Waals surface area contributed by atoms with Crippen molar-refractivity contribution in [3.63, 3.8) is 0 Å². The van der Waals surface area contributed by atoms with Gasteiger partial charge in [0.1, 0.15) is 4.90 Å². The van der Waals surface area contributed by atoms with E-state index in [9.17, 15) is 16.8 Å². The fourth-order valence-corrected chi connectivity index (χ4v) is 3.72. The smallest absolute Gasteiger partial charge is 0.407 e. The van der Waals surface area contributed by atoms with Gasteiger partial charge in [-0.2, -0.15) is 16.8 Å². The maximum atomic E-state index is 10.9. The van der Waals surface area contributed by atoms with Crippen LogP contribution in [-0.4, -0.2) is 25.9 Å². The van der Waals surface area contributed by atoms with Crippen LogP contribution < -0.4 is 12.4 Å². The number of diazo groups is 1. The molecule has 8 nitrogen and oxygen atoms in total. The molecule has 0 aliphatic carbocycles. The molecule has 0 radical (unpaired) electrons. The van der Waals surface area contributed by atoms with Gasteiger partial charge in [0, 0.05) is 3.57 Å². The van der Waals surface area contributed by atoms with E-state index in [4.69, 9.17) is 14.5 Å². The van der Waals surface area contributed by atoms with Crippen molar-refractivity contribution in [2.24, 2.45) is 0 Å². The first kappa shape index (κ1) is 17.5. The lowest BCUT2D eigenvalue weighted by Crippen LogP contribution is -3.00. The molecule has 0 saturated heterocycles. The molecule has 0 atom stereocenters. The summed E-state index contributed by atoms with van der Waals surface area (Å²) in [5.74, 6) is 0. The predicted molar refractivity (Wildman–Crippen MR) is 63.5 cm³/mol. The quantitative estimate of drug-likeness (QED) is 0.326. The van der Waals surface area contributed by atoms with Crippen LogP contribution in [0.4, 0.5) is 5.69 Å². The van der Waals surface area contributed by atoms with E-state index in [1.54, 1.807) is 0 Å². The van der Waals surface area contributed by atoms with Crippen LogP contribution in [0.5, 0.6) is 0 Å². The molecule has 0 unspecified atom stereocenters. The van der Waals surface area contributed by atoms with Crippen molar-refractivity contribution in [3.05, 3.63) is 20.7 Å². The zero-order chi connectivity index (χ0) is 13.4. The molecule has 18 heavy (non-hydrogen) atoms. The average Bonchev–Trinajstić information content (AvgIpc) is 2.14. The van der Waals surface area contributed by atoms with Gasteiger partial charge < -0.3 is 12.4 Å². The number of hydrogen-bond donors (Lipinski definition) is 2. The van der Waals surface area contributed by atoms with E-state index in [1.807, 2.05) is 0 Å². The summed E-state index contributed by atoms with van der Waals surface area (Å²) in [6, 6.07) is 1.38. The van der Waals surface area contributed by atoms with Gasteiger partial charge in [-0.1, -0.05) is 0 Å². The topological polar surface area (TPSA) is 137 Å². The highest BCUT2D eigenvalue weighted by atomic mass is 127. The highest BCUT2D eigenvalue weighted by Crippen LogP contribution is 2.31. The largest absolute Gasteiger partial charge is 1.00 e. The Labute approximate surface area is 122 Å². The van der Waals surface area contributed by atoms with Crippen molar-refractivity contribution in [2.75, 3.05) is 0 Å². The average molecular weight is 427 g/mol. The van der Waals surface area contributed by atoms with Crippen molar-refractivity contribution in [1.82, 2.24) is 0 Å². The van der Waals surface area contributed by atoms with Crippen LogP contribution in [0.25, 0.3) is 4.98 Å². The molecular formula is C6H4ClIN2O6S2. The molecule has 0 heterocycles. The van der Waals surface area contributed by atoms with Crippen LogP contribution in [0.15, 0.2) is 21.9 Å². The lowest BCUT2D eigenvalue weighted by molar-refractivity contribution is -0.0000118. The summed E-state index contributed by atoms with van der Waals surface area (Å²) in [4.78, 5) is 1.14. The molecule has 2 N–H and O–H groups in total. The van der Waals surface area contributed by atoms with Crippen molar-refractivity contribution < 1.29 is 38.3 Å². The molecule has 1 aromatic rings. The van der Waals surface area contributed by atoms with Gasteiger partial charge in [0.15, 0.2) is 9.87 Å². The Morgan fingerprint density at radius 1 is 1.06 bits per heavy atom. The summed E-state index contributed by atoms with van der Waals surface area (Å²) < 4.78 is 61.1. The Morgan fingerprint density at radius 2 is 1.50 bits per heavy atom. The van der Waals surface area contributed by atoms with E-state index in [0.717, 1.165) is 6.07 Å². The molecule has 0 saturated carbocycles. The highest BCUT2D eigenvalue weighted by Gasteiger charge is 2.29. The molecule has 0 aliphatic heterocycles. The minimum absolute atomic E-state index is 0. The molecular weight excluding hydrogens is 423 g/mol. The molecule has 0 aromatic heterocycles. The van der Waals surface area contributed by atoms with Crippen LogP contribution in [0.1, 0.15) is 0 Å². The van der Waals surface area contributed by atoms with Crippen molar-refractivity contribution in [2.45, 2.75) is 9.79 Å². The van der Waals surface area contributed by atoms with Gasteiger partial charge in [-0.3, -0.25) is 9.11 Å². The molecule has 1 rings (SSSR count). The van der Waals surface area contributed by atoms with Gasteiger partial charge in [0.05, 0.1) is 6.07 Å². The Hall–Kier alpha value is -0.520. The van der Waals surface area contributed by atoms with Crippen LogP contribution in [-0.2, 0) is 20.2 Å². The van der Waals surface area contributed by atoms with Crippen LogP contribution in [0, 0.1) is 8.96 Å². The minimum atomic E-state index is -4.67. The Morgan fingerprint density at radius 3 is 1.83 bits per heavy atom. The second-order valence-electron chi connectivity index (χ2n) is 2.80. The predicted octanol–water partition coefficient (Wildman–Crippen LogP) is -1.73. The number of halogens is 2. The maximum absolute atomic E-state index is 10.9. The number of rotatable bonds is 2. The first-order chi connectivity index (χ1) is 7.57. The summed E-state index contributed by atoms with van der Waals surface area (Å²) in [6.45, 7) is 0. The molecule has 0 fully saturated rings. The summed E-state index contributed by atoms with van der Waals surface area (Å²) in [6.07, 6.45) is 0. The van der Waals surface area contributed by atoms with Crippen LogP contribution in [0.3, 0.4) is 0 Å². The molecule has 0 amide bonds. The number of nitrogens with zero attached hydrogens (tertiary/aromatic N) is 2. The van der Waals surface area contributed by atoms with E-state index in [-0.39, 0.29) is 16.0 Å². The summed E-state index contributed by atoms with van der Waals surface area (Å²) in [7, 11) is -9.25. The second-order valence-corrected chi connectivity index (χ2v) is 6.74. The second kappa shape index (κ2) is 5.63. The minimum Gasteiger partial charge on any atom is -1.00 e. The third-order valence-corrected chi connectivity index (χ3v) is 4.71. The van der Waals surface area contributed by atoms with Crippen molar-refractivity contribution in [1.29, 1.82) is 5.39 Å².